The van der Waals surface area contributed by atoms with Gasteiger partial charge in [-0.25, -0.2) is 19.6 Å². The Kier molecular flexibility index (Phi) is 4.78. The molecule has 8 nitrogen and oxygen atoms in total. The van der Waals surface area contributed by atoms with Crippen molar-refractivity contribution in [2.24, 2.45) is 0 Å². The smallest absolute Gasteiger partial charge is 0.328 e. The van der Waals surface area contributed by atoms with Gasteiger partial charge in [0, 0.05) is 12.2 Å². The van der Waals surface area contributed by atoms with E-state index < -0.39 is 11.9 Å². The second-order valence-electron chi connectivity index (χ2n) is 4.28. The quantitative estimate of drug-likeness (QED) is 0.675. The number of hydrogen-bond acceptors (Lipinski definition) is 5. The highest BCUT2D eigenvalue weighted by Gasteiger charge is 2.01. The molecular weight excluding hydrogens is 302 g/mol. The predicted molar refractivity (Wildman–Crippen MR) is 81.2 cm³/mol. The maximum atomic E-state index is 11.6. The topological polar surface area (TPSA) is 122 Å². The second kappa shape index (κ2) is 6.94. The number of aromatic nitrogens is 3. The molecule has 0 unspecified atom stereocenters. The van der Waals surface area contributed by atoms with Crippen LogP contribution < -0.4 is 5.56 Å². The Bertz CT molecular complexity index is 946. The number of carboxylic acids is 2. The SMILES string of the molecule is O=C(O)C=CC(=O)O.O=c1ncc2cncn2c2ccccc12. The lowest BCUT2D eigenvalue weighted by molar-refractivity contribution is -0.134. The van der Waals surface area contributed by atoms with Crippen LogP contribution in [-0.4, -0.2) is 36.5 Å². The standard InChI is InChI=1S/C11H7N3O.C4H4O4/c15-11-9-3-1-2-4-10(9)14-7-12-5-8(14)6-13-11;5-3(6)1-2-4(7)8/h1-7H;1-2H,(H,5,6)(H,7,8). The fourth-order valence-corrected chi connectivity index (χ4v) is 1.80. The Labute approximate surface area is 129 Å². The van der Waals surface area contributed by atoms with Crippen molar-refractivity contribution >= 4 is 28.4 Å². The first-order valence-electron chi connectivity index (χ1n) is 6.33. The Morgan fingerprint density at radius 2 is 1.70 bits per heavy atom. The Balaban J connectivity index is 0.000000207. The Hall–Kier alpha value is -3.55. The highest BCUT2D eigenvalue weighted by Crippen LogP contribution is 2.09. The molecule has 8 heteroatoms. The van der Waals surface area contributed by atoms with E-state index in [9.17, 15) is 14.4 Å². The molecule has 116 valence electrons. The van der Waals surface area contributed by atoms with Crippen molar-refractivity contribution in [3.63, 3.8) is 0 Å². The van der Waals surface area contributed by atoms with E-state index in [1.54, 1.807) is 18.6 Å². The average Bonchev–Trinajstić information content (AvgIpc) is 2.95. The van der Waals surface area contributed by atoms with Crippen molar-refractivity contribution in [3.05, 3.63) is 65.5 Å². The molecule has 0 atom stereocenters. The van der Waals surface area contributed by atoms with Gasteiger partial charge < -0.3 is 10.2 Å². The highest BCUT2D eigenvalue weighted by molar-refractivity contribution is 5.89. The van der Waals surface area contributed by atoms with Gasteiger partial charge in [-0.05, 0) is 12.1 Å². The van der Waals surface area contributed by atoms with Gasteiger partial charge in [0.25, 0.3) is 5.56 Å². The first-order chi connectivity index (χ1) is 11.0. The first-order valence-corrected chi connectivity index (χ1v) is 6.33. The van der Waals surface area contributed by atoms with Crippen LogP contribution in [0.15, 0.2) is 59.9 Å². The van der Waals surface area contributed by atoms with E-state index in [0.717, 1.165) is 11.0 Å². The summed E-state index contributed by atoms with van der Waals surface area (Å²) >= 11 is 0. The minimum absolute atomic E-state index is 0.214. The molecular formula is C15H11N3O5. The lowest BCUT2D eigenvalue weighted by atomic mass is 10.2. The molecule has 0 saturated carbocycles. The summed E-state index contributed by atoms with van der Waals surface area (Å²) in [4.78, 5) is 38.6. The van der Waals surface area contributed by atoms with Gasteiger partial charge in [0.15, 0.2) is 0 Å². The largest absolute Gasteiger partial charge is 0.478 e. The molecule has 2 aromatic heterocycles. The number of imidazole rings is 1. The van der Waals surface area contributed by atoms with E-state index in [0.29, 0.717) is 17.5 Å². The van der Waals surface area contributed by atoms with Crippen molar-refractivity contribution in [1.29, 1.82) is 0 Å². The molecule has 0 amide bonds. The zero-order valence-corrected chi connectivity index (χ0v) is 11.7. The third-order valence-electron chi connectivity index (χ3n) is 2.74. The number of fused-ring (bicyclic) bond motifs is 3. The molecule has 2 N–H and O–H groups in total. The first kappa shape index (κ1) is 15.8. The summed E-state index contributed by atoms with van der Waals surface area (Å²) in [6, 6.07) is 7.37. The number of rotatable bonds is 2. The lowest BCUT2D eigenvalue weighted by Gasteiger charge is -1.92. The fourth-order valence-electron chi connectivity index (χ4n) is 1.80. The number of nitrogens with zero attached hydrogens (tertiary/aromatic N) is 3. The molecule has 3 aromatic rings. The summed E-state index contributed by atoms with van der Waals surface area (Å²) in [5.41, 5.74) is 1.43. The van der Waals surface area contributed by atoms with Crippen LogP contribution in [0, 0.1) is 0 Å². The number of hydrogen-bond donors (Lipinski definition) is 2. The summed E-state index contributed by atoms with van der Waals surface area (Å²) in [5, 5.41) is 16.2. The number of carbonyl (C=O) groups is 2. The third kappa shape index (κ3) is 3.97. The van der Waals surface area contributed by atoms with Crippen molar-refractivity contribution < 1.29 is 19.8 Å². The van der Waals surface area contributed by atoms with E-state index in [-0.39, 0.29) is 5.56 Å². The van der Waals surface area contributed by atoms with E-state index >= 15 is 0 Å². The minimum Gasteiger partial charge on any atom is -0.478 e. The van der Waals surface area contributed by atoms with Crippen molar-refractivity contribution in [3.8, 4) is 0 Å². The summed E-state index contributed by atoms with van der Waals surface area (Å²) in [6.07, 6.45) is 6.01. The van der Waals surface area contributed by atoms with Crippen LogP contribution in [0.2, 0.25) is 0 Å². The summed E-state index contributed by atoms with van der Waals surface area (Å²) in [7, 11) is 0. The molecule has 3 rings (SSSR count). The molecule has 0 bridgehead atoms. The van der Waals surface area contributed by atoms with Crippen LogP contribution >= 0.6 is 0 Å². The summed E-state index contributed by atoms with van der Waals surface area (Å²) in [5.74, 6) is -2.51. The normalized spacial score (nSPS) is 10.4. The van der Waals surface area contributed by atoms with Crippen LogP contribution in [0.3, 0.4) is 0 Å². The maximum Gasteiger partial charge on any atom is 0.328 e. The fraction of sp³-hybridized carbons (Fsp3) is 0. The van der Waals surface area contributed by atoms with Gasteiger partial charge in [-0.3, -0.25) is 9.20 Å². The number of aliphatic carboxylic acids is 2. The van der Waals surface area contributed by atoms with Crippen molar-refractivity contribution in [2.45, 2.75) is 0 Å². The zero-order chi connectivity index (χ0) is 16.8. The highest BCUT2D eigenvalue weighted by atomic mass is 16.4. The average molecular weight is 313 g/mol. The third-order valence-corrected chi connectivity index (χ3v) is 2.74. The predicted octanol–water partition coefficient (Wildman–Crippen LogP) is 0.954. The molecule has 0 fully saturated rings. The van der Waals surface area contributed by atoms with Gasteiger partial charge in [-0.15, -0.1) is 0 Å². The van der Waals surface area contributed by atoms with Crippen LogP contribution in [0.5, 0.6) is 0 Å². The van der Waals surface area contributed by atoms with Crippen LogP contribution in [0.4, 0.5) is 0 Å². The number of para-hydroxylation sites is 1. The zero-order valence-electron chi connectivity index (χ0n) is 11.7. The van der Waals surface area contributed by atoms with Crippen molar-refractivity contribution in [2.75, 3.05) is 0 Å². The van der Waals surface area contributed by atoms with Gasteiger partial charge in [-0.2, -0.15) is 0 Å². The minimum atomic E-state index is -1.26. The monoisotopic (exact) mass is 313 g/mol. The van der Waals surface area contributed by atoms with E-state index in [2.05, 4.69) is 9.97 Å². The van der Waals surface area contributed by atoms with E-state index in [1.807, 2.05) is 22.6 Å². The number of carboxylic acid groups (broad SMARTS) is 2. The van der Waals surface area contributed by atoms with Crippen LogP contribution in [0.1, 0.15) is 0 Å². The van der Waals surface area contributed by atoms with Gasteiger partial charge >= 0.3 is 11.9 Å². The van der Waals surface area contributed by atoms with Crippen LogP contribution in [-0.2, 0) is 9.59 Å². The Morgan fingerprint density at radius 1 is 1.04 bits per heavy atom. The van der Waals surface area contributed by atoms with Gasteiger partial charge in [0.2, 0.25) is 0 Å². The molecule has 0 saturated heterocycles. The van der Waals surface area contributed by atoms with E-state index in [1.165, 1.54) is 6.20 Å². The van der Waals surface area contributed by atoms with Crippen molar-refractivity contribution in [1.82, 2.24) is 14.4 Å². The molecule has 23 heavy (non-hydrogen) atoms. The number of benzene rings is 1. The maximum absolute atomic E-state index is 11.6. The molecule has 2 heterocycles. The van der Waals surface area contributed by atoms with Crippen LogP contribution in [0.25, 0.3) is 16.4 Å². The molecule has 0 aliphatic carbocycles. The molecule has 0 radical (unpaired) electrons. The van der Waals surface area contributed by atoms with Gasteiger partial charge in [0.1, 0.15) is 0 Å². The second-order valence-corrected chi connectivity index (χ2v) is 4.28. The summed E-state index contributed by atoms with van der Waals surface area (Å²) < 4.78 is 1.85. The molecule has 0 spiro atoms. The molecule has 1 aromatic carbocycles. The molecule has 0 aliphatic heterocycles. The summed E-state index contributed by atoms with van der Waals surface area (Å²) in [6.45, 7) is 0. The Morgan fingerprint density at radius 3 is 2.35 bits per heavy atom. The molecule has 0 aliphatic rings. The van der Waals surface area contributed by atoms with E-state index in [4.69, 9.17) is 10.2 Å². The van der Waals surface area contributed by atoms with Gasteiger partial charge in [-0.1, -0.05) is 12.1 Å². The van der Waals surface area contributed by atoms with Gasteiger partial charge in [0.05, 0.1) is 35.1 Å². The lowest BCUT2D eigenvalue weighted by Crippen LogP contribution is -2.00.